The van der Waals surface area contributed by atoms with Crippen LogP contribution in [0.3, 0.4) is 0 Å². The highest BCUT2D eigenvalue weighted by molar-refractivity contribution is 9.10. The van der Waals surface area contributed by atoms with Gasteiger partial charge in [0.05, 0.1) is 15.6 Å². The van der Waals surface area contributed by atoms with Crippen molar-refractivity contribution in [3.63, 3.8) is 0 Å². The third-order valence-corrected chi connectivity index (χ3v) is 7.01. The second-order valence-corrected chi connectivity index (χ2v) is 9.46. The van der Waals surface area contributed by atoms with Crippen LogP contribution in [0.4, 0.5) is 0 Å². The van der Waals surface area contributed by atoms with Crippen LogP contribution < -0.4 is 4.72 Å². The van der Waals surface area contributed by atoms with Gasteiger partial charge in [-0.05, 0) is 37.3 Å². The van der Waals surface area contributed by atoms with Gasteiger partial charge < -0.3 is 0 Å². The summed E-state index contributed by atoms with van der Waals surface area (Å²) in [7, 11) is -3.57. The molecule has 130 valence electrons. The monoisotopic (exact) mass is 456 g/mol. The first kappa shape index (κ1) is 18.5. The molecule has 0 amide bonds. The summed E-state index contributed by atoms with van der Waals surface area (Å²) in [5, 5.41) is 1.40. The van der Waals surface area contributed by atoms with Crippen LogP contribution in [0.5, 0.6) is 0 Å². The van der Waals surface area contributed by atoms with Gasteiger partial charge in [-0.15, -0.1) is 11.3 Å². The lowest BCUT2D eigenvalue weighted by molar-refractivity contribution is 0.581. The van der Waals surface area contributed by atoms with Crippen LogP contribution in [-0.2, 0) is 16.6 Å². The standard InChI is InChI=1S/C17H14BrClN2O2S2/c1-11-16(24-17(21-11)14-4-2-3-5-15(14)19)10-20-25(22,23)13-8-6-12(18)7-9-13/h2-9,20H,10H2,1H3. The van der Waals surface area contributed by atoms with E-state index >= 15 is 0 Å². The van der Waals surface area contributed by atoms with E-state index in [0.717, 1.165) is 25.6 Å². The average molecular weight is 458 g/mol. The smallest absolute Gasteiger partial charge is 0.240 e. The van der Waals surface area contributed by atoms with Crippen LogP contribution in [0.25, 0.3) is 10.6 Å². The Morgan fingerprint density at radius 1 is 1.16 bits per heavy atom. The normalized spacial score (nSPS) is 11.6. The van der Waals surface area contributed by atoms with E-state index in [1.807, 2.05) is 31.2 Å². The number of nitrogens with zero attached hydrogens (tertiary/aromatic N) is 1. The lowest BCUT2D eigenvalue weighted by atomic mass is 10.2. The van der Waals surface area contributed by atoms with E-state index in [9.17, 15) is 8.42 Å². The van der Waals surface area contributed by atoms with Crippen LogP contribution in [0, 0.1) is 6.92 Å². The molecule has 1 aromatic heterocycles. The number of aryl methyl sites for hydroxylation is 1. The van der Waals surface area contributed by atoms with E-state index in [-0.39, 0.29) is 11.4 Å². The minimum atomic E-state index is -3.57. The Balaban J connectivity index is 1.80. The SMILES string of the molecule is Cc1nc(-c2ccccc2Cl)sc1CNS(=O)(=O)c1ccc(Br)cc1. The quantitative estimate of drug-likeness (QED) is 0.585. The highest BCUT2D eigenvalue weighted by Crippen LogP contribution is 2.32. The molecule has 1 heterocycles. The molecule has 0 aliphatic carbocycles. The van der Waals surface area contributed by atoms with E-state index in [4.69, 9.17) is 11.6 Å². The third kappa shape index (κ3) is 4.30. The zero-order chi connectivity index (χ0) is 18.0. The Labute approximate surface area is 164 Å². The second kappa shape index (κ2) is 7.55. The summed E-state index contributed by atoms with van der Waals surface area (Å²) in [6.45, 7) is 2.05. The molecule has 8 heteroatoms. The first-order valence-corrected chi connectivity index (χ1v) is 10.8. The molecular formula is C17H14BrClN2O2S2. The zero-order valence-electron chi connectivity index (χ0n) is 13.2. The van der Waals surface area contributed by atoms with Gasteiger partial charge in [-0.3, -0.25) is 0 Å². The maximum absolute atomic E-state index is 12.4. The molecule has 0 spiro atoms. The maximum atomic E-state index is 12.4. The Morgan fingerprint density at radius 2 is 1.84 bits per heavy atom. The molecule has 0 saturated heterocycles. The van der Waals surface area contributed by atoms with Gasteiger partial charge in [-0.25, -0.2) is 18.1 Å². The number of benzene rings is 2. The Hall–Kier alpha value is -1.25. The van der Waals surface area contributed by atoms with Crippen LogP contribution in [0.2, 0.25) is 5.02 Å². The molecule has 25 heavy (non-hydrogen) atoms. The highest BCUT2D eigenvalue weighted by Gasteiger charge is 2.17. The number of hydrogen-bond acceptors (Lipinski definition) is 4. The van der Waals surface area contributed by atoms with Crippen LogP contribution >= 0.6 is 38.9 Å². The summed E-state index contributed by atoms with van der Waals surface area (Å²) in [5.41, 5.74) is 1.64. The van der Waals surface area contributed by atoms with Crippen molar-refractivity contribution in [3.8, 4) is 10.6 Å². The molecule has 2 aromatic carbocycles. The number of thiazole rings is 1. The van der Waals surface area contributed by atoms with Gasteiger partial charge in [0.2, 0.25) is 10.0 Å². The summed E-state index contributed by atoms with van der Waals surface area (Å²) in [4.78, 5) is 5.60. The largest absolute Gasteiger partial charge is 0.241 e. The van der Waals surface area contributed by atoms with E-state index in [1.165, 1.54) is 11.3 Å². The summed E-state index contributed by atoms with van der Waals surface area (Å²) >= 11 is 10.9. The van der Waals surface area contributed by atoms with Crippen molar-refractivity contribution in [1.82, 2.24) is 9.71 Å². The summed E-state index contributed by atoms with van der Waals surface area (Å²) in [6, 6.07) is 14.0. The third-order valence-electron chi connectivity index (χ3n) is 3.54. The Morgan fingerprint density at radius 3 is 2.52 bits per heavy atom. The molecule has 1 N–H and O–H groups in total. The van der Waals surface area contributed by atoms with Crippen molar-refractivity contribution in [2.45, 2.75) is 18.4 Å². The summed E-state index contributed by atoms with van der Waals surface area (Å²) in [5.74, 6) is 0. The lowest BCUT2D eigenvalue weighted by Crippen LogP contribution is -2.23. The van der Waals surface area contributed by atoms with Crippen molar-refractivity contribution < 1.29 is 8.42 Å². The highest BCUT2D eigenvalue weighted by atomic mass is 79.9. The number of nitrogens with one attached hydrogen (secondary N) is 1. The zero-order valence-corrected chi connectivity index (χ0v) is 17.1. The maximum Gasteiger partial charge on any atom is 0.240 e. The molecule has 0 aliphatic heterocycles. The molecule has 0 unspecified atom stereocenters. The van der Waals surface area contributed by atoms with Crippen LogP contribution in [-0.4, -0.2) is 13.4 Å². The number of aromatic nitrogens is 1. The molecule has 4 nitrogen and oxygen atoms in total. The number of sulfonamides is 1. The predicted molar refractivity (Wildman–Crippen MR) is 105 cm³/mol. The average Bonchev–Trinajstić information content (AvgIpc) is 2.95. The molecule has 0 radical (unpaired) electrons. The molecule has 0 saturated carbocycles. The van der Waals surface area contributed by atoms with E-state index in [0.29, 0.717) is 5.02 Å². The lowest BCUT2D eigenvalue weighted by Gasteiger charge is -2.06. The van der Waals surface area contributed by atoms with E-state index in [2.05, 4.69) is 25.6 Å². The van der Waals surface area contributed by atoms with Gasteiger partial charge in [0, 0.05) is 21.5 Å². The van der Waals surface area contributed by atoms with Gasteiger partial charge in [-0.2, -0.15) is 0 Å². The topological polar surface area (TPSA) is 59.1 Å². The molecule has 0 atom stereocenters. The van der Waals surface area contributed by atoms with Crippen molar-refractivity contribution in [3.05, 3.63) is 68.6 Å². The number of rotatable bonds is 5. The van der Waals surface area contributed by atoms with Crippen molar-refractivity contribution in [1.29, 1.82) is 0 Å². The molecular weight excluding hydrogens is 444 g/mol. The molecule has 3 rings (SSSR count). The van der Waals surface area contributed by atoms with Crippen molar-refractivity contribution >= 4 is 48.9 Å². The van der Waals surface area contributed by atoms with Gasteiger partial charge in [-0.1, -0.05) is 45.7 Å². The Bertz CT molecular complexity index is 1000. The fourth-order valence-corrected chi connectivity index (χ4v) is 4.87. The van der Waals surface area contributed by atoms with E-state index < -0.39 is 10.0 Å². The second-order valence-electron chi connectivity index (χ2n) is 5.29. The van der Waals surface area contributed by atoms with Gasteiger partial charge in [0.15, 0.2) is 0 Å². The Kier molecular flexibility index (Phi) is 5.60. The summed E-state index contributed by atoms with van der Waals surface area (Å²) < 4.78 is 28.2. The fraction of sp³-hybridized carbons (Fsp3) is 0.118. The minimum Gasteiger partial charge on any atom is -0.241 e. The van der Waals surface area contributed by atoms with Crippen molar-refractivity contribution in [2.24, 2.45) is 0 Å². The van der Waals surface area contributed by atoms with Crippen molar-refractivity contribution in [2.75, 3.05) is 0 Å². The first-order valence-electron chi connectivity index (χ1n) is 7.33. The molecule has 0 fully saturated rings. The fourth-order valence-electron chi connectivity index (χ4n) is 2.20. The minimum absolute atomic E-state index is 0.187. The number of halogens is 2. The van der Waals surface area contributed by atoms with Crippen LogP contribution in [0.1, 0.15) is 10.6 Å². The summed E-state index contributed by atoms with van der Waals surface area (Å²) in [6.07, 6.45) is 0. The van der Waals surface area contributed by atoms with Gasteiger partial charge in [0.25, 0.3) is 0 Å². The van der Waals surface area contributed by atoms with Gasteiger partial charge >= 0.3 is 0 Å². The first-order chi connectivity index (χ1) is 11.9. The molecule has 0 aliphatic rings. The van der Waals surface area contributed by atoms with Crippen LogP contribution in [0.15, 0.2) is 57.9 Å². The molecule has 3 aromatic rings. The predicted octanol–water partition coefficient (Wildman–Crippen LogP) is 5.01. The van der Waals surface area contributed by atoms with E-state index in [1.54, 1.807) is 24.3 Å². The number of hydrogen-bond donors (Lipinski definition) is 1. The molecule has 0 bridgehead atoms. The van der Waals surface area contributed by atoms with Gasteiger partial charge in [0.1, 0.15) is 5.01 Å².